The summed E-state index contributed by atoms with van der Waals surface area (Å²) >= 11 is 5.95. The zero-order chi connectivity index (χ0) is 10.6. The van der Waals surface area contributed by atoms with E-state index in [9.17, 15) is 4.79 Å². The van der Waals surface area contributed by atoms with Gasteiger partial charge in [-0.2, -0.15) is 0 Å². The van der Waals surface area contributed by atoms with Crippen LogP contribution in [-0.4, -0.2) is 13.1 Å². The van der Waals surface area contributed by atoms with Crippen molar-refractivity contribution in [2.24, 2.45) is 0 Å². The van der Waals surface area contributed by atoms with Gasteiger partial charge in [0, 0.05) is 11.1 Å². The Bertz CT molecular complexity index is 370. The number of methoxy groups -OCH3 is 1. The fourth-order valence-corrected chi connectivity index (χ4v) is 1.29. The quantitative estimate of drug-likeness (QED) is 0.554. The van der Waals surface area contributed by atoms with Crippen molar-refractivity contribution in [3.8, 4) is 0 Å². The maximum Gasteiger partial charge on any atom is 0.330 e. The first-order chi connectivity index (χ1) is 6.63. The van der Waals surface area contributed by atoms with Gasteiger partial charge in [-0.05, 0) is 30.2 Å². The molecule has 0 aliphatic rings. The second-order valence-corrected chi connectivity index (χ2v) is 3.29. The van der Waals surface area contributed by atoms with E-state index in [1.165, 1.54) is 13.2 Å². The number of esters is 1. The lowest BCUT2D eigenvalue weighted by Gasteiger charge is -1.99. The Hall–Kier alpha value is -1.28. The molecule has 0 fully saturated rings. The van der Waals surface area contributed by atoms with E-state index in [1.807, 2.05) is 25.1 Å². The number of carbonyl (C=O) groups excluding carboxylic acids is 1. The van der Waals surface area contributed by atoms with Crippen LogP contribution in [0.1, 0.15) is 11.1 Å². The maximum absolute atomic E-state index is 10.8. The van der Waals surface area contributed by atoms with E-state index < -0.39 is 0 Å². The zero-order valence-electron chi connectivity index (χ0n) is 8.08. The Labute approximate surface area is 88.1 Å². The molecule has 0 saturated heterocycles. The topological polar surface area (TPSA) is 26.3 Å². The van der Waals surface area contributed by atoms with Gasteiger partial charge in [0.1, 0.15) is 0 Å². The summed E-state index contributed by atoms with van der Waals surface area (Å²) in [6.07, 6.45) is 2.98. The summed E-state index contributed by atoms with van der Waals surface area (Å²) in [4.78, 5) is 10.8. The molecule has 2 nitrogen and oxygen atoms in total. The van der Waals surface area contributed by atoms with Crippen molar-refractivity contribution in [2.45, 2.75) is 6.92 Å². The molecule has 1 rings (SSSR count). The lowest BCUT2D eigenvalue weighted by molar-refractivity contribution is -0.134. The van der Waals surface area contributed by atoms with Gasteiger partial charge in [-0.3, -0.25) is 0 Å². The summed E-state index contributed by atoms with van der Waals surface area (Å²) in [5, 5.41) is 0.630. The molecule has 0 unspecified atom stereocenters. The van der Waals surface area contributed by atoms with E-state index in [0.29, 0.717) is 5.02 Å². The molecule has 0 N–H and O–H groups in total. The molecule has 0 radical (unpaired) electrons. The average molecular weight is 211 g/mol. The summed E-state index contributed by atoms with van der Waals surface area (Å²) in [6, 6.07) is 5.64. The van der Waals surface area contributed by atoms with E-state index in [-0.39, 0.29) is 5.97 Å². The van der Waals surface area contributed by atoms with Gasteiger partial charge in [0.25, 0.3) is 0 Å². The van der Waals surface area contributed by atoms with E-state index in [2.05, 4.69) is 4.74 Å². The first-order valence-corrected chi connectivity index (χ1v) is 4.53. The number of aryl methyl sites for hydroxylation is 1. The van der Waals surface area contributed by atoms with Crippen molar-refractivity contribution in [3.05, 3.63) is 40.4 Å². The monoisotopic (exact) mass is 210 g/mol. The minimum absolute atomic E-state index is 0.387. The van der Waals surface area contributed by atoms with Crippen molar-refractivity contribution in [2.75, 3.05) is 7.11 Å². The molecule has 3 heteroatoms. The third-order valence-electron chi connectivity index (χ3n) is 1.76. The van der Waals surface area contributed by atoms with Crippen LogP contribution in [0.25, 0.3) is 6.08 Å². The largest absolute Gasteiger partial charge is 0.466 e. The highest BCUT2D eigenvalue weighted by Crippen LogP contribution is 2.18. The predicted molar refractivity (Wildman–Crippen MR) is 57.2 cm³/mol. The average Bonchev–Trinajstić information content (AvgIpc) is 2.16. The highest BCUT2D eigenvalue weighted by molar-refractivity contribution is 6.32. The fourth-order valence-electron chi connectivity index (χ4n) is 0.993. The lowest BCUT2D eigenvalue weighted by Crippen LogP contribution is -1.93. The number of carbonyl (C=O) groups is 1. The van der Waals surface area contributed by atoms with Gasteiger partial charge in [-0.1, -0.05) is 23.7 Å². The van der Waals surface area contributed by atoms with Gasteiger partial charge in [0.2, 0.25) is 0 Å². The molecule has 0 heterocycles. The first kappa shape index (κ1) is 10.8. The van der Waals surface area contributed by atoms with Gasteiger partial charge in [-0.15, -0.1) is 0 Å². The van der Waals surface area contributed by atoms with Gasteiger partial charge in [0.15, 0.2) is 0 Å². The van der Waals surface area contributed by atoms with Crippen molar-refractivity contribution in [1.29, 1.82) is 0 Å². The molecule has 0 atom stereocenters. The van der Waals surface area contributed by atoms with Gasteiger partial charge >= 0.3 is 5.97 Å². The molecule has 14 heavy (non-hydrogen) atoms. The van der Waals surface area contributed by atoms with Gasteiger partial charge in [-0.25, -0.2) is 4.79 Å². The molecule has 0 amide bonds. The Morgan fingerprint density at radius 3 is 2.79 bits per heavy atom. The number of halogens is 1. The van der Waals surface area contributed by atoms with Crippen LogP contribution in [0.2, 0.25) is 5.02 Å². The van der Waals surface area contributed by atoms with E-state index in [4.69, 9.17) is 11.6 Å². The van der Waals surface area contributed by atoms with Crippen molar-refractivity contribution < 1.29 is 9.53 Å². The second kappa shape index (κ2) is 4.82. The smallest absolute Gasteiger partial charge is 0.330 e. The van der Waals surface area contributed by atoms with Crippen LogP contribution < -0.4 is 0 Å². The summed E-state index contributed by atoms with van der Waals surface area (Å²) in [6.45, 7) is 1.96. The summed E-state index contributed by atoms with van der Waals surface area (Å²) in [5.41, 5.74) is 1.90. The standard InChI is InChI=1S/C11H11ClO2/c1-8-3-4-9(10(12)7-8)5-6-11(13)14-2/h3-7H,1-2H3. The van der Waals surface area contributed by atoms with E-state index >= 15 is 0 Å². The number of hydrogen-bond acceptors (Lipinski definition) is 2. The van der Waals surface area contributed by atoms with Crippen LogP contribution in [0.15, 0.2) is 24.3 Å². The first-order valence-electron chi connectivity index (χ1n) is 4.15. The Balaban J connectivity index is 2.87. The molecule has 0 bridgehead atoms. The molecular weight excluding hydrogens is 200 g/mol. The van der Waals surface area contributed by atoms with Crippen molar-refractivity contribution in [1.82, 2.24) is 0 Å². The third-order valence-corrected chi connectivity index (χ3v) is 2.08. The SMILES string of the molecule is COC(=O)C=Cc1ccc(C)cc1Cl. The van der Waals surface area contributed by atoms with E-state index in [1.54, 1.807) is 6.08 Å². The van der Waals surface area contributed by atoms with Crippen molar-refractivity contribution in [3.63, 3.8) is 0 Å². The second-order valence-electron chi connectivity index (χ2n) is 2.88. The Kier molecular flexibility index (Phi) is 3.72. The predicted octanol–water partition coefficient (Wildman–Crippen LogP) is 2.83. The van der Waals surface area contributed by atoms with Crippen LogP contribution >= 0.6 is 11.6 Å². The third kappa shape index (κ3) is 2.89. The van der Waals surface area contributed by atoms with Gasteiger partial charge < -0.3 is 4.74 Å². The highest BCUT2D eigenvalue weighted by Gasteiger charge is 1.97. The molecule has 0 aliphatic heterocycles. The molecular formula is C11H11ClO2. The molecule has 0 aliphatic carbocycles. The fraction of sp³-hybridized carbons (Fsp3) is 0.182. The molecule has 0 spiro atoms. The lowest BCUT2D eigenvalue weighted by atomic mass is 10.1. The number of hydrogen-bond donors (Lipinski definition) is 0. The van der Waals surface area contributed by atoms with Crippen LogP contribution in [0.5, 0.6) is 0 Å². The van der Waals surface area contributed by atoms with Crippen LogP contribution in [-0.2, 0) is 9.53 Å². The molecule has 1 aromatic carbocycles. The molecule has 74 valence electrons. The number of ether oxygens (including phenoxy) is 1. The number of benzene rings is 1. The molecule has 1 aromatic rings. The zero-order valence-corrected chi connectivity index (χ0v) is 8.84. The van der Waals surface area contributed by atoms with Crippen molar-refractivity contribution >= 4 is 23.6 Å². The van der Waals surface area contributed by atoms with Crippen LogP contribution in [0.3, 0.4) is 0 Å². The molecule has 0 saturated carbocycles. The van der Waals surface area contributed by atoms with Gasteiger partial charge in [0.05, 0.1) is 7.11 Å². The summed E-state index contributed by atoms with van der Waals surface area (Å²) < 4.78 is 4.47. The maximum atomic E-state index is 10.8. The highest BCUT2D eigenvalue weighted by atomic mass is 35.5. The number of rotatable bonds is 2. The van der Waals surface area contributed by atoms with E-state index in [0.717, 1.165) is 11.1 Å². The minimum Gasteiger partial charge on any atom is -0.466 e. The molecule has 0 aromatic heterocycles. The summed E-state index contributed by atoms with van der Waals surface area (Å²) in [5.74, 6) is -0.387. The Morgan fingerprint density at radius 1 is 1.50 bits per heavy atom. The minimum atomic E-state index is -0.387. The normalized spacial score (nSPS) is 10.5. The van der Waals surface area contributed by atoms with Crippen LogP contribution in [0.4, 0.5) is 0 Å². The van der Waals surface area contributed by atoms with Crippen LogP contribution in [0, 0.1) is 6.92 Å². The Morgan fingerprint density at radius 2 is 2.21 bits per heavy atom. The summed E-state index contributed by atoms with van der Waals surface area (Å²) in [7, 11) is 1.34.